The van der Waals surface area contributed by atoms with Gasteiger partial charge in [0, 0.05) is 0 Å². The van der Waals surface area contributed by atoms with Gasteiger partial charge in [-0.3, -0.25) is 0 Å². The van der Waals surface area contributed by atoms with Gasteiger partial charge in [0.2, 0.25) is 0 Å². The molecule has 1 aromatic carbocycles. The van der Waals surface area contributed by atoms with E-state index in [2.05, 4.69) is 14.9 Å². The summed E-state index contributed by atoms with van der Waals surface area (Å²) in [7, 11) is 0. The molecule has 0 unspecified atom stereocenters. The summed E-state index contributed by atoms with van der Waals surface area (Å²) in [5, 5.41) is 0. The Balaban J connectivity index is 3.01. The fraction of sp³-hybridized carbons (Fsp3) is 0. The zero-order chi connectivity index (χ0) is 6.97. The molecule has 3 nitrogen and oxygen atoms in total. The molecule has 1 aromatic heterocycles. The Morgan fingerprint density at radius 2 is 2.10 bits per heavy atom. The number of fused-ring (bicyclic) bond motifs is 1. The highest BCUT2D eigenvalue weighted by Gasteiger charge is 1.98. The van der Waals surface area contributed by atoms with E-state index in [-0.39, 0.29) is 0 Å². The van der Waals surface area contributed by atoms with E-state index in [0.717, 1.165) is 0 Å². The first-order valence-electron chi connectivity index (χ1n) is 2.76. The SMILES string of the molecule is O=c1oc2c[c]ccc2o1. The van der Waals surface area contributed by atoms with Crippen LogP contribution in [0.2, 0.25) is 0 Å². The smallest absolute Gasteiger partial charge is 0.391 e. The van der Waals surface area contributed by atoms with Gasteiger partial charge in [-0.1, -0.05) is 6.07 Å². The van der Waals surface area contributed by atoms with Crippen LogP contribution in [0.1, 0.15) is 0 Å². The summed E-state index contributed by atoms with van der Waals surface area (Å²) in [6.45, 7) is 0. The van der Waals surface area contributed by atoms with Crippen molar-refractivity contribution in [2.45, 2.75) is 0 Å². The summed E-state index contributed by atoms with van der Waals surface area (Å²) in [6.07, 6.45) is 0. The van der Waals surface area contributed by atoms with E-state index in [0.29, 0.717) is 11.2 Å². The van der Waals surface area contributed by atoms with Crippen molar-refractivity contribution >= 4 is 11.2 Å². The first-order valence-corrected chi connectivity index (χ1v) is 2.76. The summed E-state index contributed by atoms with van der Waals surface area (Å²) in [5.41, 5.74) is 0.899. The van der Waals surface area contributed by atoms with Crippen molar-refractivity contribution < 1.29 is 8.83 Å². The van der Waals surface area contributed by atoms with Crippen molar-refractivity contribution in [2.24, 2.45) is 0 Å². The fourth-order valence-electron chi connectivity index (χ4n) is 0.765. The molecule has 2 rings (SSSR count). The third-order valence-electron chi connectivity index (χ3n) is 1.17. The second-order valence-corrected chi connectivity index (χ2v) is 1.83. The van der Waals surface area contributed by atoms with E-state index < -0.39 is 5.82 Å². The van der Waals surface area contributed by atoms with Crippen LogP contribution in [0.4, 0.5) is 0 Å². The van der Waals surface area contributed by atoms with Crippen LogP contribution in [0, 0.1) is 6.07 Å². The van der Waals surface area contributed by atoms with E-state index in [4.69, 9.17) is 0 Å². The molecular formula is C7H3O3. The molecule has 0 spiro atoms. The normalized spacial score (nSPS) is 10.4. The molecule has 0 aliphatic heterocycles. The average molecular weight is 135 g/mol. The summed E-state index contributed by atoms with van der Waals surface area (Å²) < 4.78 is 9.24. The second-order valence-electron chi connectivity index (χ2n) is 1.83. The standard InChI is InChI=1S/C7H3O3/c8-7-9-5-3-1-2-4-6(5)10-7/h1,3-4H. The highest BCUT2D eigenvalue weighted by molar-refractivity contribution is 5.68. The molecule has 3 heteroatoms. The van der Waals surface area contributed by atoms with Gasteiger partial charge in [-0.15, -0.1) is 0 Å². The van der Waals surface area contributed by atoms with Crippen LogP contribution in [0.15, 0.2) is 31.8 Å². The molecule has 0 aliphatic carbocycles. The topological polar surface area (TPSA) is 43.4 Å². The third kappa shape index (κ3) is 0.639. The largest absolute Gasteiger partial charge is 0.519 e. The summed E-state index contributed by atoms with van der Waals surface area (Å²) in [6, 6.07) is 7.59. The Morgan fingerprint density at radius 1 is 1.30 bits per heavy atom. The predicted octanol–water partition coefficient (Wildman–Crippen LogP) is 1.19. The lowest BCUT2D eigenvalue weighted by atomic mass is 10.3. The van der Waals surface area contributed by atoms with Crippen molar-refractivity contribution in [2.75, 3.05) is 0 Å². The lowest BCUT2D eigenvalue weighted by Crippen LogP contribution is -1.84. The van der Waals surface area contributed by atoms with Gasteiger partial charge < -0.3 is 8.83 Å². The van der Waals surface area contributed by atoms with Crippen molar-refractivity contribution in [3.63, 3.8) is 0 Å². The van der Waals surface area contributed by atoms with Crippen LogP contribution >= 0.6 is 0 Å². The van der Waals surface area contributed by atoms with Gasteiger partial charge in [0.15, 0.2) is 11.2 Å². The molecule has 0 aliphatic rings. The maximum atomic E-state index is 10.4. The minimum Gasteiger partial charge on any atom is -0.391 e. The zero-order valence-corrected chi connectivity index (χ0v) is 4.96. The molecule has 0 saturated carbocycles. The summed E-state index contributed by atoms with van der Waals surface area (Å²) in [5.74, 6) is -0.672. The maximum Gasteiger partial charge on any atom is 0.519 e. The van der Waals surface area contributed by atoms with Gasteiger partial charge >= 0.3 is 5.82 Å². The first-order chi connectivity index (χ1) is 4.86. The quantitative estimate of drug-likeness (QED) is 0.544. The fourth-order valence-corrected chi connectivity index (χ4v) is 0.765. The van der Waals surface area contributed by atoms with Crippen molar-refractivity contribution in [1.82, 2.24) is 0 Å². The molecule has 0 bridgehead atoms. The highest BCUT2D eigenvalue weighted by Crippen LogP contribution is 2.08. The van der Waals surface area contributed by atoms with E-state index in [9.17, 15) is 4.79 Å². The maximum absolute atomic E-state index is 10.4. The van der Waals surface area contributed by atoms with Gasteiger partial charge in [0.25, 0.3) is 0 Å². The van der Waals surface area contributed by atoms with E-state index in [1.807, 2.05) is 0 Å². The highest BCUT2D eigenvalue weighted by atomic mass is 16.6. The van der Waals surface area contributed by atoms with E-state index >= 15 is 0 Å². The van der Waals surface area contributed by atoms with Crippen LogP contribution < -0.4 is 5.82 Å². The Bertz CT molecular complexity index is 360. The molecule has 10 heavy (non-hydrogen) atoms. The Kier molecular flexibility index (Phi) is 0.917. The second kappa shape index (κ2) is 1.73. The monoisotopic (exact) mass is 135 g/mol. The lowest BCUT2D eigenvalue weighted by molar-refractivity contribution is 0.409. The number of hydrogen-bond acceptors (Lipinski definition) is 3. The minimum absolute atomic E-state index is 0.438. The van der Waals surface area contributed by atoms with Crippen molar-refractivity contribution in [3.8, 4) is 0 Å². The molecular weight excluding hydrogens is 132 g/mol. The molecule has 0 atom stereocenters. The minimum atomic E-state index is -0.672. The van der Waals surface area contributed by atoms with Crippen LogP contribution in [0.5, 0.6) is 0 Å². The molecule has 49 valence electrons. The van der Waals surface area contributed by atoms with E-state index in [1.165, 1.54) is 0 Å². The Morgan fingerprint density at radius 3 is 2.90 bits per heavy atom. The molecule has 1 heterocycles. The lowest BCUT2D eigenvalue weighted by Gasteiger charge is -1.77. The number of rotatable bonds is 0. The molecule has 0 fully saturated rings. The van der Waals surface area contributed by atoms with Crippen LogP contribution in [0.25, 0.3) is 11.2 Å². The van der Waals surface area contributed by atoms with Gasteiger partial charge in [0.05, 0.1) is 0 Å². The Labute approximate surface area is 55.9 Å². The van der Waals surface area contributed by atoms with Crippen molar-refractivity contribution in [3.05, 3.63) is 34.9 Å². The molecule has 1 radical (unpaired) electrons. The van der Waals surface area contributed by atoms with Gasteiger partial charge in [-0.05, 0) is 18.2 Å². The molecule has 0 saturated heterocycles. The van der Waals surface area contributed by atoms with Gasteiger partial charge in [-0.2, -0.15) is 0 Å². The summed E-state index contributed by atoms with van der Waals surface area (Å²) in [4.78, 5) is 10.4. The Hall–Kier alpha value is -1.51. The van der Waals surface area contributed by atoms with Crippen LogP contribution in [0.3, 0.4) is 0 Å². The van der Waals surface area contributed by atoms with E-state index in [1.54, 1.807) is 18.2 Å². The zero-order valence-electron chi connectivity index (χ0n) is 4.96. The van der Waals surface area contributed by atoms with Crippen LogP contribution in [-0.4, -0.2) is 0 Å². The predicted molar refractivity (Wildman–Crippen MR) is 33.6 cm³/mol. The molecule has 2 aromatic rings. The van der Waals surface area contributed by atoms with Crippen molar-refractivity contribution in [1.29, 1.82) is 0 Å². The van der Waals surface area contributed by atoms with Crippen LogP contribution in [-0.2, 0) is 0 Å². The first kappa shape index (κ1) is 5.29. The number of hydrogen-bond donors (Lipinski definition) is 0. The molecule has 0 amide bonds. The summed E-state index contributed by atoms with van der Waals surface area (Å²) >= 11 is 0. The van der Waals surface area contributed by atoms with Gasteiger partial charge in [-0.25, -0.2) is 4.79 Å². The third-order valence-corrected chi connectivity index (χ3v) is 1.17. The number of benzene rings is 1. The molecule has 0 N–H and O–H groups in total. The average Bonchev–Trinajstić information content (AvgIpc) is 2.27. The van der Waals surface area contributed by atoms with Gasteiger partial charge in [0.1, 0.15) is 0 Å².